The van der Waals surface area contributed by atoms with E-state index in [1.54, 1.807) is 35.9 Å². The van der Waals surface area contributed by atoms with Gasteiger partial charge in [0.25, 0.3) is 11.4 Å². The number of hydrogen-bond donors (Lipinski definition) is 0. The number of aromatic nitrogens is 2. The van der Waals surface area contributed by atoms with E-state index in [2.05, 4.69) is 33.5 Å². The summed E-state index contributed by atoms with van der Waals surface area (Å²) in [5.74, 6) is 0.570. The van der Waals surface area contributed by atoms with Crippen molar-refractivity contribution in [2.24, 2.45) is 7.05 Å². The lowest BCUT2D eigenvalue weighted by atomic mass is 10.0. The van der Waals surface area contributed by atoms with Crippen LogP contribution < -0.4 is 15.2 Å². The molecule has 0 N–H and O–H groups in total. The summed E-state index contributed by atoms with van der Waals surface area (Å²) >= 11 is 0. The van der Waals surface area contributed by atoms with E-state index in [-0.39, 0.29) is 29.6 Å². The molecular formula is C26H30FN5O2. The molecule has 0 saturated carbocycles. The van der Waals surface area contributed by atoms with Gasteiger partial charge in [-0.2, -0.15) is 0 Å². The summed E-state index contributed by atoms with van der Waals surface area (Å²) < 4.78 is 21.3. The Morgan fingerprint density at radius 2 is 1.94 bits per heavy atom. The van der Waals surface area contributed by atoms with Gasteiger partial charge in [0, 0.05) is 56.5 Å². The largest absolute Gasteiger partial charge is 0.491 e. The zero-order chi connectivity index (χ0) is 24.6. The van der Waals surface area contributed by atoms with Crippen LogP contribution in [0.15, 0.2) is 41.2 Å². The average molecular weight is 464 g/mol. The van der Waals surface area contributed by atoms with Crippen LogP contribution in [-0.4, -0.2) is 45.7 Å². The topological polar surface area (TPSA) is 55.0 Å². The molecule has 0 spiro atoms. The van der Waals surface area contributed by atoms with Crippen molar-refractivity contribution >= 4 is 22.5 Å². The molecule has 34 heavy (non-hydrogen) atoms. The number of aryl methyl sites for hydroxylation is 1. The highest BCUT2D eigenvalue weighted by atomic mass is 19.1. The Labute approximate surface area is 199 Å². The van der Waals surface area contributed by atoms with Crippen LogP contribution in [0.1, 0.15) is 33.3 Å². The van der Waals surface area contributed by atoms with Crippen molar-refractivity contribution in [3.05, 3.63) is 69.5 Å². The molecule has 3 aromatic rings. The zero-order valence-electron chi connectivity index (χ0n) is 20.2. The fourth-order valence-electron chi connectivity index (χ4n) is 4.58. The molecule has 0 unspecified atom stereocenters. The van der Waals surface area contributed by atoms with Crippen LogP contribution >= 0.6 is 0 Å². The first-order valence-corrected chi connectivity index (χ1v) is 11.5. The molecule has 8 heteroatoms. The van der Waals surface area contributed by atoms with Gasteiger partial charge in [-0.1, -0.05) is 12.6 Å². The molecule has 0 radical (unpaired) electrons. The normalized spacial score (nSPS) is 18.9. The maximum Gasteiger partial charge on any atom is 0.270 e. The summed E-state index contributed by atoms with van der Waals surface area (Å²) in [5, 5.41) is 0. The third-order valence-electron chi connectivity index (χ3n) is 6.36. The van der Waals surface area contributed by atoms with Crippen molar-refractivity contribution < 1.29 is 9.13 Å². The molecule has 1 saturated heterocycles. The van der Waals surface area contributed by atoms with E-state index in [1.807, 2.05) is 13.8 Å². The minimum absolute atomic E-state index is 0.0458. The van der Waals surface area contributed by atoms with Gasteiger partial charge in [0.1, 0.15) is 11.6 Å². The Bertz CT molecular complexity index is 1310. The number of benzene rings is 1. The smallest absolute Gasteiger partial charge is 0.270 e. The summed E-state index contributed by atoms with van der Waals surface area (Å²) in [6.07, 6.45) is -0.0458. The van der Waals surface area contributed by atoms with Crippen LogP contribution in [0.5, 0.6) is 5.75 Å². The monoisotopic (exact) mass is 463 g/mol. The molecule has 2 atom stereocenters. The van der Waals surface area contributed by atoms with Gasteiger partial charge in [-0.05, 0) is 45.9 Å². The molecule has 0 bridgehead atoms. The molecule has 0 aliphatic carbocycles. The van der Waals surface area contributed by atoms with Gasteiger partial charge in [-0.25, -0.2) is 4.39 Å². The molecule has 1 fully saturated rings. The maximum atomic E-state index is 13.8. The van der Waals surface area contributed by atoms with E-state index in [9.17, 15) is 9.18 Å². The zero-order valence-corrected chi connectivity index (χ0v) is 20.2. The number of nitrogens with zero attached hydrogens (tertiary/aromatic N) is 5. The predicted molar refractivity (Wildman–Crippen MR) is 132 cm³/mol. The first-order valence-electron chi connectivity index (χ1n) is 11.5. The lowest BCUT2D eigenvalue weighted by molar-refractivity contribution is 0.153. The number of anilines is 1. The quantitative estimate of drug-likeness (QED) is 0.521. The summed E-state index contributed by atoms with van der Waals surface area (Å²) in [6.45, 7) is 17.6. The van der Waals surface area contributed by atoms with Gasteiger partial charge in [0.2, 0.25) is 5.52 Å². The van der Waals surface area contributed by atoms with Crippen LogP contribution in [0.25, 0.3) is 15.9 Å². The third-order valence-corrected chi connectivity index (χ3v) is 6.36. The van der Waals surface area contributed by atoms with Gasteiger partial charge in [0.05, 0.1) is 17.3 Å². The van der Waals surface area contributed by atoms with Crippen molar-refractivity contribution in [2.75, 3.05) is 18.0 Å². The van der Waals surface area contributed by atoms with E-state index in [0.29, 0.717) is 35.7 Å². The van der Waals surface area contributed by atoms with E-state index in [1.165, 1.54) is 12.1 Å². The SMILES string of the molecule is [C-]#[N+]c1ccc2c(n1)c(N1C[C@@H](C)N(Cc3ccc(F)cc3OC(C)C)C[C@@H]1C)cc(=O)n2C. The van der Waals surface area contributed by atoms with Crippen LogP contribution in [-0.2, 0) is 13.6 Å². The Balaban J connectivity index is 1.64. The molecule has 3 heterocycles. The number of hydrogen-bond acceptors (Lipinski definition) is 5. The second-order valence-electron chi connectivity index (χ2n) is 9.27. The third kappa shape index (κ3) is 4.62. The van der Waals surface area contributed by atoms with Crippen LogP contribution in [0.4, 0.5) is 15.9 Å². The van der Waals surface area contributed by atoms with Gasteiger partial charge in [0.15, 0.2) is 0 Å². The Hall–Kier alpha value is -3.44. The maximum absolute atomic E-state index is 13.8. The van der Waals surface area contributed by atoms with Crippen LogP contribution in [0.2, 0.25) is 0 Å². The number of pyridine rings is 2. The number of rotatable bonds is 5. The van der Waals surface area contributed by atoms with E-state index in [0.717, 1.165) is 17.8 Å². The molecule has 178 valence electrons. The highest BCUT2D eigenvalue weighted by Gasteiger charge is 2.32. The van der Waals surface area contributed by atoms with Gasteiger partial charge >= 0.3 is 0 Å². The summed E-state index contributed by atoms with van der Waals surface area (Å²) in [6, 6.07) is 10.0. The standard InChI is InChI=1S/C26H30FN5O2/c1-16(2)34-23-11-20(27)8-7-19(23)15-31-13-18(4)32(14-17(31)3)22-12-25(33)30(6)21-9-10-24(28-5)29-26(21)22/h7-12,16-18H,13-15H2,1-4,6H3/t17-,18+/m1/s1. The Morgan fingerprint density at radius 1 is 1.18 bits per heavy atom. The summed E-state index contributed by atoms with van der Waals surface area (Å²) in [5.41, 5.74) is 2.97. The van der Waals surface area contributed by atoms with Gasteiger partial charge in [-0.3, -0.25) is 9.69 Å². The number of piperazine rings is 1. The van der Waals surface area contributed by atoms with E-state index in [4.69, 9.17) is 11.3 Å². The predicted octanol–water partition coefficient (Wildman–Crippen LogP) is 4.51. The van der Waals surface area contributed by atoms with Crippen molar-refractivity contribution in [3.8, 4) is 5.75 Å². The molecule has 7 nitrogen and oxygen atoms in total. The molecule has 1 aliphatic rings. The van der Waals surface area contributed by atoms with Crippen molar-refractivity contribution in [1.29, 1.82) is 0 Å². The lowest BCUT2D eigenvalue weighted by Gasteiger charge is -2.45. The highest BCUT2D eigenvalue weighted by Crippen LogP contribution is 2.31. The van der Waals surface area contributed by atoms with Crippen molar-refractivity contribution in [3.63, 3.8) is 0 Å². The van der Waals surface area contributed by atoms with Gasteiger partial charge < -0.3 is 19.0 Å². The highest BCUT2D eigenvalue weighted by molar-refractivity contribution is 5.89. The van der Waals surface area contributed by atoms with Crippen LogP contribution in [0, 0.1) is 12.4 Å². The molecule has 2 aromatic heterocycles. The fraction of sp³-hybridized carbons (Fsp3) is 0.423. The number of halogens is 1. The van der Waals surface area contributed by atoms with E-state index >= 15 is 0 Å². The number of ether oxygens (including phenoxy) is 1. The Kier molecular flexibility index (Phi) is 6.58. The van der Waals surface area contributed by atoms with Crippen molar-refractivity contribution in [1.82, 2.24) is 14.5 Å². The van der Waals surface area contributed by atoms with Crippen LogP contribution in [0.3, 0.4) is 0 Å². The molecule has 4 rings (SSSR count). The minimum atomic E-state index is -0.311. The second-order valence-corrected chi connectivity index (χ2v) is 9.27. The fourth-order valence-corrected chi connectivity index (χ4v) is 4.58. The first-order chi connectivity index (χ1) is 16.2. The molecule has 1 aliphatic heterocycles. The van der Waals surface area contributed by atoms with Gasteiger partial charge in [-0.15, -0.1) is 4.98 Å². The van der Waals surface area contributed by atoms with Crippen molar-refractivity contribution in [2.45, 2.75) is 52.4 Å². The van der Waals surface area contributed by atoms with E-state index < -0.39 is 0 Å². The summed E-state index contributed by atoms with van der Waals surface area (Å²) in [4.78, 5) is 25.3. The Morgan fingerprint density at radius 3 is 2.65 bits per heavy atom. The number of fused-ring (bicyclic) bond motifs is 1. The molecular weight excluding hydrogens is 433 g/mol. The minimum Gasteiger partial charge on any atom is -0.491 e. The summed E-state index contributed by atoms with van der Waals surface area (Å²) in [7, 11) is 1.72. The molecule has 0 amide bonds. The lowest BCUT2D eigenvalue weighted by Crippen LogP contribution is -2.56. The first kappa shape index (κ1) is 23.7. The molecule has 1 aromatic carbocycles. The second kappa shape index (κ2) is 9.43. The average Bonchev–Trinajstić information content (AvgIpc) is 2.79.